The van der Waals surface area contributed by atoms with Crippen molar-refractivity contribution in [1.29, 1.82) is 0 Å². The molecule has 0 spiro atoms. The first-order valence-electron chi connectivity index (χ1n) is 8.12. The summed E-state index contributed by atoms with van der Waals surface area (Å²) < 4.78 is 9.67. The number of aliphatic hydroxyl groups is 8. The maximum atomic E-state index is 11.9. The van der Waals surface area contributed by atoms with E-state index in [4.69, 9.17) is 40.6 Å². The maximum absolute atomic E-state index is 11.9. The maximum Gasteiger partial charge on any atom is 0.358 e. The minimum absolute atomic E-state index is 0.0499. The molecule has 0 aromatic carbocycles. The molecule has 30 heavy (non-hydrogen) atoms. The van der Waals surface area contributed by atoms with Gasteiger partial charge in [-0.25, -0.2) is 4.79 Å². The third kappa shape index (κ3) is 5.59. The molecule has 0 aromatic rings. The highest BCUT2D eigenvalue weighted by Crippen LogP contribution is 2.31. The van der Waals surface area contributed by atoms with Crippen LogP contribution in [-0.4, -0.2) is 112 Å². The molecule has 10 N–H and O–H groups in total. The fourth-order valence-corrected chi connectivity index (χ4v) is 2.38. The van der Waals surface area contributed by atoms with Gasteiger partial charge in [-0.1, -0.05) is 5.16 Å². The Morgan fingerprint density at radius 1 is 1.20 bits per heavy atom. The summed E-state index contributed by atoms with van der Waals surface area (Å²) in [4.78, 5) is 23.6. The molecule has 1 fully saturated rings. The number of amides is 1. The zero-order valence-electron chi connectivity index (χ0n) is 15.4. The molecule has 172 valence electrons. The second-order valence-corrected chi connectivity index (χ2v) is 6.21. The van der Waals surface area contributed by atoms with E-state index in [9.17, 15) is 19.8 Å². The molecule has 0 saturated carbocycles. The lowest BCUT2D eigenvalue weighted by Gasteiger charge is -2.38. The molecule has 1 heterocycles. The Labute approximate surface area is 168 Å². The van der Waals surface area contributed by atoms with E-state index >= 15 is 0 Å². The first-order valence-corrected chi connectivity index (χ1v) is 8.12. The van der Waals surface area contributed by atoms with Crippen molar-refractivity contribution in [2.45, 2.75) is 49.0 Å². The zero-order valence-corrected chi connectivity index (χ0v) is 15.4. The van der Waals surface area contributed by atoms with Crippen LogP contribution >= 0.6 is 0 Å². The molecule has 3 atom stereocenters. The normalized spacial score (nSPS) is 22.1. The van der Waals surface area contributed by atoms with E-state index < -0.39 is 42.1 Å². The van der Waals surface area contributed by atoms with Crippen molar-refractivity contribution in [2.24, 2.45) is 5.16 Å². The fourth-order valence-electron chi connectivity index (χ4n) is 2.38. The first-order chi connectivity index (χ1) is 13.7. The average molecular weight is 441 g/mol. The van der Waals surface area contributed by atoms with Crippen molar-refractivity contribution < 1.29 is 65.1 Å². The van der Waals surface area contributed by atoms with Gasteiger partial charge >= 0.3 is 23.5 Å². The molecule has 16 heteroatoms. The van der Waals surface area contributed by atoms with Crippen molar-refractivity contribution in [3.05, 3.63) is 12.3 Å². The van der Waals surface area contributed by atoms with Crippen LogP contribution in [-0.2, 0) is 19.1 Å². The molecule has 0 aliphatic carbocycles. The second kappa shape index (κ2) is 9.60. The van der Waals surface area contributed by atoms with E-state index in [1.165, 1.54) is 24.2 Å². The molecule has 0 radical (unpaired) electrons. The van der Waals surface area contributed by atoms with Crippen LogP contribution in [0.3, 0.4) is 0 Å². The topological polar surface area (TPSA) is 262 Å². The second-order valence-electron chi connectivity index (χ2n) is 6.21. The predicted molar refractivity (Wildman–Crippen MR) is 89.0 cm³/mol. The van der Waals surface area contributed by atoms with Gasteiger partial charge in [-0.15, -0.1) is 0 Å². The Balaban J connectivity index is 2.79. The van der Waals surface area contributed by atoms with Gasteiger partial charge in [0.15, 0.2) is 5.84 Å². The Hall–Kier alpha value is -2.41. The summed E-state index contributed by atoms with van der Waals surface area (Å²) >= 11 is 0. The van der Waals surface area contributed by atoms with Crippen molar-refractivity contribution in [3.8, 4) is 0 Å². The summed E-state index contributed by atoms with van der Waals surface area (Å²) in [6.07, 6.45) is -1.09. The summed E-state index contributed by atoms with van der Waals surface area (Å²) in [5, 5.41) is 87.1. The summed E-state index contributed by atoms with van der Waals surface area (Å²) in [6.45, 7) is 0. The standard InChI is InChI=1S/C14H23N3O13/c1-17(5-4-8(16-28)15-6-18)9-3-2-7(29-9)10(19)30-11(20)12(21,13(22,23)24)14(25,26)27/h4-7,9-10,19,21-28H,2-3H2,1H3,(H,15,16,18)/b5-4-. The Bertz CT molecular complexity index is 655. The molecular weight excluding hydrogens is 418 g/mol. The highest BCUT2D eigenvalue weighted by Gasteiger charge is 2.69. The lowest BCUT2D eigenvalue weighted by atomic mass is 9.98. The highest BCUT2D eigenvalue weighted by atomic mass is 16.8. The number of esters is 1. The van der Waals surface area contributed by atoms with Crippen LogP contribution in [0.2, 0.25) is 0 Å². The number of hydrogen-bond acceptors (Lipinski definition) is 15. The van der Waals surface area contributed by atoms with Gasteiger partial charge in [0.2, 0.25) is 12.7 Å². The minimum atomic E-state index is -4.58. The lowest BCUT2D eigenvalue weighted by Crippen LogP contribution is -2.73. The van der Waals surface area contributed by atoms with Crippen LogP contribution in [0, 0.1) is 0 Å². The van der Waals surface area contributed by atoms with E-state index in [-0.39, 0.29) is 25.1 Å². The van der Waals surface area contributed by atoms with Gasteiger partial charge in [0.05, 0.1) is 0 Å². The van der Waals surface area contributed by atoms with Gasteiger partial charge in [-0.3, -0.25) is 4.79 Å². The van der Waals surface area contributed by atoms with Crippen molar-refractivity contribution in [3.63, 3.8) is 0 Å². The first kappa shape index (κ1) is 25.6. The zero-order chi connectivity index (χ0) is 23.3. The number of aliphatic hydroxyl groups excluding tert-OH is 1. The van der Waals surface area contributed by atoms with Crippen LogP contribution in [0.4, 0.5) is 0 Å². The third-order valence-corrected chi connectivity index (χ3v) is 4.08. The molecule has 0 aromatic heterocycles. The summed E-state index contributed by atoms with van der Waals surface area (Å²) in [7, 11) is 1.51. The third-order valence-electron chi connectivity index (χ3n) is 4.08. The van der Waals surface area contributed by atoms with E-state index in [2.05, 4.69) is 15.2 Å². The average Bonchev–Trinajstić information content (AvgIpc) is 3.12. The molecule has 3 unspecified atom stereocenters. The largest absolute Gasteiger partial charge is 0.430 e. The molecule has 1 rings (SSSR count). The monoisotopic (exact) mass is 441 g/mol. The number of ether oxygens (including phenoxy) is 2. The molecule has 1 aliphatic rings. The van der Waals surface area contributed by atoms with Gasteiger partial charge in [0.1, 0.15) is 12.3 Å². The van der Waals surface area contributed by atoms with Crippen molar-refractivity contribution in [1.82, 2.24) is 10.2 Å². The van der Waals surface area contributed by atoms with Gasteiger partial charge < -0.3 is 65.7 Å². The van der Waals surface area contributed by atoms with Crippen molar-refractivity contribution >= 4 is 18.2 Å². The SMILES string of the molecule is CN(/C=C\C(=NO)NC=O)C1CCC(C(O)OC(=O)C(O)(C(O)(O)O)C(O)(O)O)O1. The number of carbonyl (C=O) groups is 2. The highest BCUT2D eigenvalue weighted by molar-refractivity contribution is 5.98. The molecular formula is C14H23N3O13. The van der Waals surface area contributed by atoms with Gasteiger partial charge in [0, 0.05) is 19.3 Å². The van der Waals surface area contributed by atoms with Gasteiger partial charge in [-0.2, -0.15) is 0 Å². The van der Waals surface area contributed by atoms with Crippen LogP contribution in [0.25, 0.3) is 0 Å². The minimum Gasteiger partial charge on any atom is -0.430 e. The number of nitrogens with zero attached hydrogens (tertiary/aromatic N) is 2. The van der Waals surface area contributed by atoms with E-state index in [1.54, 1.807) is 0 Å². The summed E-state index contributed by atoms with van der Waals surface area (Å²) in [5.41, 5.74) is -4.50. The van der Waals surface area contributed by atoms with Crippen LogP contribution < -0.4 is 5.32 Å². The van der Waals surface area contributed by atoms with Gasteiger partial charge in [0.25, 0.3) is 0 Å². The lowest BCUT2D eigenvalue weighted by molar-refractivity contribution is -0.482. The summed E-state index contributed by atoms with van der Waals surface area (Å²) in [6, 6.07) is 0. The number of oxime groups is 1. The smallest absolute Gasteiger partial charge is 0.358 e. The number of nitrogens with one attached hydrogen (secondary N) is 1. The van der Waals surface area contributed by atoms with Crippen LogP contribution in [0.15, 0.2) is 17.4 Å². The molecule has 1 aliphatic heterocycles. The predicted octanol–water partition coefficient (Wildman–Crippen LogP) is -5.68. The van der Waals surface area contributed by atoms with E-state index in [0.29, 0.717) is 0 Å². The fraction of sp³-hybridized carbons (Fsp3) is 0.643. The van der Waals surface area contributed by atoms with Crippen LogP contribution in [0.1, 0.15) is 12.8 Å². The Kier molecular flexibility index (Phi) is 8.20. The Morgan fingerprint density at radius 3 is 2.23 bits per heavy atom. The van der Waals surface area contributed by atoms with E-state index in [1.807, 2.05) is 0 Å². The van der Waals surface area contributed by atoms with E-state index in [0.717, 1.165) is 0 Å². The summed E-state index contributed by atoms with van der Waals surface area (Å²) in [5.74, 6) is -11.7. The number of hydrogen-bond donors (Lipinski definition) is 10. The van der Waals surface area contributed by atoms with Gasteiger partial charge in [-0.05, 0) is 12.8 Å². The molecule has 16 nitrogen and oxygen atoms in total. The van der Waals surface area contributed by atoms with Crippen LogP contribution in [0.5, 0.6) is 0 Å². The molecule has 1 amide bonds. The molecule has 1 saturated heterocycles. The van der Waals surface area contributed by atoms with Crippen molar-refractivity contribution in [2.75, 3.05) is 7.05 Å². The molecule has 0 bridgehead atoms. The number of carbonyl (C=O) groups excluding carboxylic acids is 2. The number of rotatable bonds is 9. The quantitative estimate of drug-likeness (QED) is 0.0304. The Morgan fingerprint density at radius 2 is 1.77 bits per heavy atom. The number of amidine groups is 1.